The van der Waals surface area contributed by atoms with Gasteiger partial charge in [0.1, 0.15) is 17.5 Å². The molecule has 0 bridgehead atoms. The van der Waals surface area contributed by atoms with Crippen molar-refractivity contribution in [3.8, 4) is 0 Å². The van der Waals surface area contributed by atoms with Gasteiger partial charge < -0.3 is 20.7 Å². The highest BCUT2D eigenvalue weighted by Gasteiger charge is 2.43. The lowest BCUT2D eigenvalue weighted by Crippen LogP contribution is -2.48. The Balaban J connectivity index is 1.67. The van der Waals surface area contributed by atoms with Gasteiger partial charge in [-0.15, -0.1) is 11.8 Å². The second-order valence-electron chi connectivity index (χ2n) is 8.23. The lowest BCUT2D eigenvalue weighted by molar-refractivity contribution is -0.114. The SMILES string of the molecule is CC1=NC2C(N3CCC(NC(=O)OC(C)(C)C)CC3)=CC(F)=C(C(N)=O)C2S1. The van der Waals surface area contributed by atoms with Crippen molar-refractivity contribution in [3.63, 3.8) is 0 Å². The molecule has 2 heterocycles. The molecule has 0 saturated carbocycles. The van der Waals surface area contributed by atoms with Crippen LogP contribution in [0.4, 0.5) is 9.18 Å². The third kappa shape index (κ3) is 4.51. The van der Waals surface area contributed by atoms with Gasteiger partial charge in [0.25, 0.3) is 0 Å². The molecule has 2 aliphatic heterocycles. The van der Waals surface area contributed by atoms with Crippen LogP contribution in [-0.4, -0.2) is 58.0 Å². The maximum atomic E-state index is 14.6. The summed E-state index contributed by atoms with van der Waals surface area (Å²) >= 11 is 1.38. The Kier molecular flexibility index (Phi) is 5.74. The number of nitrogens with zero attached hydrogens (tertiary/aromatic N) is 2. The van der Waals surface area contributed by atoms with Crippen molar-refractivity contribution in [3.05, 3.63) is 23.2 Å². The lowest BCUT2D eigenvalue weighted by Gasteiger charge is -2.39. The van der Waals surface area contributed by atoms with E-state index in [9.17, 15) is 14.0 Å². The number of halogens is 1. The Morgan fingerprint density at radius 1 is 1.36 bits per heavy atom. The molecular weight excluding hydrogens is 383 g/mol. The van der Waals surface area contributed by atoms with Crippen molar-refractivity contribution >= 4 is 28.8 Å². The zero-order valence-electron chi connectivity index (χ0n) is 16.6. The van der Waals surface area contributed by atoms with Gasteiger partial charge in [-0.05, 0) is 46.6 Å². The summed E-state index contributed by atoms with van der Waals surface area (Å²) in [5, 5.41) is 3.31. The van der Waals surface area contributed by atoms with E-state index >= 15 is 0 Å². The molecule has 0 radical (unpaired) electrons. The number of amides is 2. The number of alkyl carbamates (subject to hydrolysis) is 1. The van der Waals surface area contributed by atoms with E-state index < -0.39 is 28.7 Å². The number of ether oxygens (including phenoxy) is 1. The van der Waals surface area contributed by atoms with Crippen molar-refractivity contribution in [1.82, 2.24) is 10.2 Å². The van der Waals surface area contributed by atoms with Gasteiger partial charge in [-0.25, -0.2) is 9.18 Å². The lowest BCUT2D eigenvalue weighted by atomic mass is 9.93. The third-order valence-electron chi connectivity index (χ3n) is 4.87. The molecule has 2 atom stereocenters. The smallest absolute Gasteiger partial charge is 0.407 e. The van der Waals surface area contributed by atoms with Crippen LogP contribution in [0.2, 0.25) is 0 Å². The summed E-state index contributed by atoms with van der Waals surface area (Å²) in [6.45, 7) is 8.65. The summed E-state index contributed by atoms with van der Waals surface area (Å²) in [4.78, 5) is 30.4. The van der Waals surface area contributed by atoms with Gasteiger partial charge >= 0.3 is 6.09 Å². The number of carbonyl (C=O) groups excluding carboxylic acids is 2. The van der Waals surface area contributed by atoms with Gasteiger partial charge in [0.05, 0.1) is 15.9 Å². The molecule has 2 unspecified atom stereocenters. The monoisotopic (exact) mass is 410 g/mol. The molecule has 1 fully saturated rings. The van der Waals surface area contributed by atoms with Crippen LogP contribution >= 0.6 is 11.8 Å². The van der Waals surface area contributed by atoms with Gasteiger partial charge in [0.15, 0.2) is 0 Å². The van der Waals surface area contributed by atoms with Crippen LogP contribution < -0.4 is 11.1 Å². The van der Waals surface area contributed by atoms with E-state index in [-0.39, 0.29) is 17.7 Å². The van der Waals surface area contributed by atoms with Crippen molar-refractivity contribution in [1.29, 1.82) is 0 Å². The number of hydrogen-bond acceptors (Lipinski definition) is 6. The Hall–Kier alpha value is -2.03. The first-order valence-corrected chi connectivity index (χ1v) is 10.3. The number of fused-ring (bicyclic) bond motifs is 1. The summed E-state index contributed by atoms with van der Waals surface area (Å²) in [5.74, 6) is -1.31. The van der Waals surface area contributed by atoms with Crippen LogP contribution in [-0.2, 0) is 9.53 Å². The maximum absolute atomic E-state index is 14.6. The van der Waals surface area contributed by atoms with E-state index in [1.165, 1.54) is 17.8 Å². The number of aliphatic imine (C=N–C) groups is 1. The normalized spacial score (nSPS) is 25.8. The first-order valence-electron chi connectivity index (χ1n) is 9.42. The molecule has 0 aromatic carbocycles. The summed E-state index contributed by atoms with van der Waals surface area (Å²) in [6.07, 6.45) is 2.41. The highest BCUT2D eigenvalue weighted by molar-refractivity contribution is 8.14. The summed E-state index contributed by atoms with van der Waals surface area (Å²) < 4.78 is 19.9. The molecule has 1 saturated heterocycles. The van der Waals surface area contributed by atoms with Crippen LogP contribution in [0.3, 0.4) is 0 Å². The molecule has 9 heteroatoms. The molecule has 3 rings (SSSR count). The average Bonchev–Trinajstić information content (AvgIpc) is 2.93. The number of allylic oxidation sites excluding steroid dienone is 2. The Bertz CT molecular complexity index is 764. The first kappa shape index (κ1) is 20.7. The zero-order valence-corrected chi connectivity index (χ0v) is 17.4. The quantitative estimate of drug-likeness (QED) is 0.745. The third-order valence-corrected chi connectivity index (χ3v) is 6.07. The van der Waals surface area contributed by atoms with Crippen LogP contribution in [0.5, 0.6) is 0 Å². The summed E-state index contributed by atoms with van der Waals surface area (Å²) in [5.41, 5.74) is 5.64. The summed E-state index contributed by atoms with van der Waals surface area (Å²) in [7, 11) is 0. The van der Waals surface area contributed by atoms with Crippen molar-refractivity contribution < 1.29 is 18.7 Å². The van der Waals surface area contributed by atoms with Gasteiger partial charge in [0.2, 0.25) is 5.91 Å². The summed E-state index contributed by atoms with van der Waals surface area (Å²) in [6, 6.07) is -0.293. The van der Waals surface area contributed by atoms with E-state index in [4.69, 9.17) is 10.5 Å². The number of rotatable bonds is 3. The minimum absolute atomic E-state index is 0.0100. The number of carbonyl (C=O) groups is 2. The molecule has 2 amide bonds. The molecule has 7 nitrogen and oxygen atoms in total. The maximum Gasteiger partial charge on any atom is 0.407 e. The highest BCUT2D eigenvalue weighted by Crippen LogP contribution is 2.42. The number of piperidine rings is 1. The molecule has 28 heavy (non-hydrogen) atoms. The van der Waals surface area contributed by atoms with Crippen molar-refractivity contribution in [2.24, 2.45) is 10.7 Å². The molecule has 3 aliphatic rings. The number of nitrogens with two attached hydrogens (primary N) is 1. The van der Waals surface area contributed by atoms with E-state index in [0.29, 0.717) is 13.1 Å². The fraction of sp³-hybridized carbons (Fsp3) is 0.632. The van der Waals surface area contributed by atoms with Crippen LogP contribution in [0.15, 0.2) is 28.2 Å². The Morgan fingerprint density at radius 2 is 2.00 bits per heavy atom. The van der Waals surface area contributed by atoms with E-state index in [1.807, 2.05) is 27.7 Å². The largest absolute Gasteiger partial charge is 0.444 e. The molecule has 0 aromatic heterocycles. The van der Waals surface area contributed by atoms with Gasteiger partial charge in [-0.1, -0.05) is 0 Å². The van der Waals surface area contributed by atoms with Crippen LogP contribution in [0.1, 0.15) is 40.5 Å². The topological polar surface area (TPSA) is 97.0 Å². The number of likely N-dealkylation sites (tertiary alicyclic amines) is 1. The van der Waals surface area contributed by atoms with Crippen molar-refractivity contribution in [2.75, 3.05) is 13.1 Å². The molecule has 0 spiro atoms. The van der Waals surface area contributed by atoms with E-state index in [2.05, 4.69) is 15.2 Å². The van der Waals surface area contributed by atoms with E-state index in [0.717, 1.165) is 23.6 Å². The first-order chi connectivity index (χ1) is 13.0. The molecule has 3 N–H and O–H groups in total. The van der Waals surface area contributed by atoms with Crippen LogP contribution in [0.25, 0.3) is 0 Å². The molecule has 0 aromatic rings. The fourth-order valence-electron chi connectivity index (χ4n) is 3.70. The van der Waals surface area contributed by atoms with Gasteiger partial charge in [-0.3, -0.25) is 9.79 Å². The molecule has 154 valence electrons. The number of hydrogen-bond donors (Lipinski definition) is 2. The minimum Gasteiger partial charge on any atom is -0.444 e. The predicted octanol–water partition coefficient (Wildman–Crippen LogP) is 2.48. The minimum atomic E-state index is -0.736. The van der Waals surface area contributed by atoms with E-state index in [1.54, 1.807) is 0 Å². The number of primary amides is 1. The molecular formula is C19H27FN4O3S. The Labute approximate surface area is 168 Å². The van der Waals surface area contributed by atoms with Gasteiger partial charge in [0, 0.05) is 24.8 Å². The number of thioether (sulfide) groups is 1. The van der Waals surface area contributed by atoms with Crippen molar-refractivity contribution in [2.45, 2.75) is 63.5 Å². The number of nitrogens with one attached hydrogen (secondary N) is 1. The Morgan fingerprint density at radius 3 is 2.57 bits per heavy atom. The second-order valence-corrected chi connectivity index (χ2v) is 9.57. The average molecular weight is 411 g/mol. The highest BCUT2D eigenvalue weighted by atomic mass is 32.2. The fourth-order valence-corrected chi connectivity index (χ4v) is 4.92. The van der Waals surface area contributed by atoms with Gasteiger partial charge in [-0.2, -0.15) is 0 Å². The predicted molar refractivity (Wildman–Crippen MR) is 108 cm³/mol. The zero-order chi connectivity index (χ0) is 20.6. The standard InChI is InChI=1S/C19H27FN4O3S/c1-10-22-15-13(9-12(20)14(17(21)25)16(15)28-10)24-7-5-11(6-8-24)23-18(26)27-19(2,3)4/h9,11,15-16H,5-8H2,1-4H3,(H2,21,25)(H,23,26). The van der Waals surface area contributed by atoms with Crippen LogP contribution in [0, 0.1) is 0 Å². The second kappa shape index (κ2) is 7.77. The molecule has 1 aliphatic carbocycles.